The summed E-state index contributed by atoms with van der Waals surface area (Å²) in [6.07, 6.45) is 3.41. The molecule has 0 bridgehead atoms. The van der Waals surface area contributed by atoms with E-state index in [1.807, 2.05) is 0 Å². The third kappa shape index (κ3) is 5.01. The number of rotatable bonds is 9. The van der Waals surface area contributed by atoms with E-state index < -0.39 is 27.4 Å². The molecule has 166 valence electrons. The first-order chi connectivity index (χ1) is 14.2. The van der Waals surface area contributed by atoms with E-state index in [0.29, 0.717) is 23.1 Å². The van der Waals surface area contributed by atoms with E-state index in [1.165, 1.54) is 6.20 Å². The van der Waals surface area contributed by atoms with Gasteiger partial charge in [-0.3, -0.25) is 0 Å². The van der Waals surface area contributed by atoms with Crippen molar-refractivity contribution in [2.75, 3.05) is 30.9 Å². The van der Waals surface area contributed by atoms with Crippen molar-refractivity contribution >= 4 is 39.6 Å². The van der Waals surface area contributed by atoms with Crippen molar-refractivity contribution < 1.29 is 17.9 Å². The molecule has 2 saturated heterocycles. The second-order valence-electron chi connectivity index (χ2n) is 7.21. The number of halogens is 1. The van der Waals surface area contributed by atoms with E-state index in [-0.39, 0.29) is 24.7 Å². The summed E-state index contributed by atoms with van der Waals surface area (Å²) >= 11 is 6.24. The lowest BCUT2D eigenvalue weighted by Crippen LogP contribution is -2.46. The van der Waals surface area contributed by atoms with Gasteiger partial charge in [-0.15, -0.1) is 0 Å². The summed E-state index contributed by atoms with van der Waals surface area (Å²) in [5.74, 6) is 0.643. The molecule has 11 nitrogen and oxygen atoms in total. The number of nitrogens with one attached hydrogen (secondary N) is 5. The highest BCUT2D eigenvalue weighted by molar-refractivity contribution is 7.90. The van der Waals surface area contributed by atoms with Crippen molar-refractivity contribution in [1.29, 1.82) is 5.41 Å². The standard InChI is InChI=1S/C17H26ClN7O4S/c1-9(2)30(26,27)25-13-8-29-14-12(7-28-15(13)14)23-16-11(18)6-21-17(24-16)22-10(4-19)5-20-3/h4-6,9,12-15,19-20,25H,7-8H2,1-3H3,(H2,21,22,23,24)/b10-5+,19-4?. The third-order valence-electron chi connectivity index (χ3n) is 4.77. The topological polar surface area (TPSA) is 150 Å². The largest absolute Gasteiger partial charge is 0.392 e. The Hall–Kier alpha value is -1.99. The average Bonchev–Trinajstić information content (AvgIpc) is 3.27. The molecule has 4 unspecified atom stereocenters. The Morgan fingerprint density at radius 3 is 2.60 bits per heavy atom. The summed E-state index contributed by atoms with van der Waals surface area (Å²) in [6, 6.07) is -0.715. The van der Waals surface area contributed by atoms with Gasteiger partial charge in [0.1, 0.15) is 17.2 Å². The number of allylic oxidation sites excluding steroid dienone is 1. The fourth-order valence-electron chi connectivity index (χ4n) is 3.17. The van der Waals surface area contributed by atoms with Gasteiger partial charge in [0.05, 0.1) is 42.4 Å². The highest BCUT2D eigenvalue weighted by Crippen LogP contribution is 2.31. The van der Waals surface area contributed by atoms with Crippen LogP contribution in [-0.4, -0.2) is 74.4 Å². The van der Waals surface area contributed by atoms with E-state index in [9.17, 15) is 8.42 Å². The third-order valence-corrected chi connectivity index (χ3v) is 6.92. The Labute approximate surface area is 180 Å². The monoisotopic (exact) mass is 459 g/mol. The fraction of sp³-hybridized carbons (Fsp3) is 0.588. The predicted octanol–water partition coefficient (Wildman–Crippen LogP) is 0.527. The van der Waals surface area contributed by atoms with E-state index >= 15 is 0 Å². The van der Waals surface area contributed by atoms with Crippen LogP contribution in [-0.2, 0) is 19.5 Å². The molecular formula is C17H26ClN7O4S. The van der Waals surface area contributed by atoms with Crippen LogP contribution in [0.4, 0.5) is 11.8 Å². The van der Waals surface area contributed by atoms with Gasteiger partial charge in [-0.1, -0.05) is 11.6 Å². The van der Waals surface area contributed by atoms with Gasteiger partial charge < -0.3 is 30.8 Å². The molecule has 0 saturated carbocycles. The lowest BCUT2D eigenvalue weighted by molar-refractivity contribution is 0.0690. The normalized spacial score (nSPS) is 26.5. The lowest BCUT2D eigenvalue weighted by atomic mass is 10.1. The molecular weight excluding hydrogens is 434 g/mol. The van der Waals surface area contributed by atoms with Crippen LogP contribution in [0.3, 0.4) is 0 Å². The summed E-state index contributed by atoms with van der Waals surface area (Å²) in [6.45, 7) is 3.77. The Bertz CT molecular complexity index is 911. The van der Waals surface area contributed by atoms with Gasteiger partial charge in [-0.25, -0.2) is 18.1 Å². The summed E-state index contributed by atoms with van der Waals surface area (Å²) in [5.41, 5.74) is 0.467. The van der Waals surface area contributed by atoms with Crippen LogP contribution in [0.1, 0.15) is 13.8 Å². The van der Waals surface area contributed by atoms with Crippen LogP contribution in [0.5, 0.6) is 0 Å². The van der Waals surface area contributed by atoms with Crippen LogP contribution in [0, 0.1) is 5.41 Å². The number of hydrogen-bond donors (Lipinski definition) is 5. The van der Waals surface area contributed by atoms with E-state index in [0.717, 1.165) is 6.21 Å². The maximum absolute atomic E-state index is 12.2. The van der Waals surface area contributed by atoms with E-state index in [2.05, 4.69) is 30.6 Å². The van der Waals surface area contributed by atoms with Gasteiger partial charge in [-0.05, 0) is 13.8 Å². The van der Waals surface area contributed by atoms with Gasteiger partial charge in [0.15, 0.2) is 5.82 Å². The Morgan fingerprint density at radius 1 is 1.30 bits per heavy atom. The summed E-state index contributed by atoms with van der Waals surface area (Å²) in [5, 5.41) is 16.1. The molecule has 5 N–H and O–H groups in total. The molecule has 2 aliphatic heterocycles. The first kappa shape index (κ1) is 22.7. The minimum absolute atomic E-state index is 0.223. The first-order valence-corrected chi connectivity index (χ1v) is 11.4. The van der Waals surface area contributed by atoms with Crippen molar-refractivity contribution in [2.45, 2.75) is 43.4 Å². The molecule has 3 rings (SSSR count). The minimum atomic E-state index is -3.44. The maximum atomic E-state index is 12.2. The second-order valence-corrected chi connectivity index (χ2v) is 9.89. The lowest BCUT2D eigenvalue weighted by Gasteiger charge is -2.20. The van der Waals surface area contributed by atoms with E-state index in [1.54, 1.807) is 27.1 Å². The number of anilines is 2. The van der Waals surface area contributed by atoms with Gasteiger partial charge in [-0.2, -0.15) is 4.98 Å². The first-order valence-electron chi connectivity index (χ1n) is 9.43. The summed E-state index contributed by atoms with van der Waals surface area (Å²) in [4.78, 5) is 8.48. The van der Waals surface area contributed by atoms with Crippen molar-refractivity contribution in [3.63, 3.8) is 0 Å². The van der Waals surface area contributed by atoms with Crippen LogP contribution in [0.15, 0.2) is 18.1 Å². The number of hydrogen-bond acceptors (Lipinski definition) is 10. The molecule has 4 atom stereocenters. The van der Waals surface area contributed by atoms with Crippen LogP contribution < -0.4 is 20.7 Å². The van der Waals surface area contributed by atoms with Gasteiger partial charge in [0.2, 0.25) is 16.0 Å². The highest BCUT2D eigenvalue weighted by Gasteiger charge is 2.49. The molecule has 0 radical (unpaired) electrons. The molecule has 0 amide bonds. The summed E-state index contributed by atoms with van der Waals surface area (Å²) in [7, 11) is -1.72. The molecule has 0 aliphatic carbocycles. The maximum Gasteiger partial charge on any atom is 0.229 e. The average molecular weight is 460 g/mol. The predicted molar refractivity (Wildman–Crippen MR) is 114 cm³/mol. The highest BCUT2D eigenvalue weighted by atomic mass is 35.5. The molecule has 2 aliphatic rings. The molecule has 13 heteroatoms. The molecule has 0 spiro atoms. The zero-order valence-electron chi connectivity index (χ0n) is 16.8. The second kappa shape index (κ2) is 9.43. The van der Waals surface area contributed by atoms with Crippen molar-refractivity contribution in [3.8, 4) is 0 Å². The molecule has 1 aromatic heterocycles. The molecule has 30 heavy (non-hydrogen) atoms. The zero-order chi connectivity index (χ0) is 21.9. The van der Waals surface area contributed by atoms with Crippen LogP contribution in [0.25, 0.3) is 0 Å². The number of fused-ring (bicyclic) bond motifs is 1. The molecule has 3 heterocycles. The number of sulfonamides is 1. The van der Waals surface area contributed by atoms with Crippen molar-refractivity contribution in [3.05, 3.63) is 23.1 Å². The number of ether oxygens (including phenoxy) is 2. The van der Waals surface area contributed by atoms with E-state index in [4.69, 9.17) is 26.5 Å². The van der Waals surface area contributed by atoms with Crippen LogP contribution >= 0.6 is 11.6 Å². The molecule has 1 aromatic rings. The summed E-state index contributed by atoms with van der Waals surface area (Å²) < 4.78 is 38.7. The number of aromatic nitrogens is 2. The molecule has 2 fully saturated rings. The smallest absolute Gasteiger partial charge is 0.229 e. The fourth-order valence-corrected chi connectivity index (χ4v) is 4.22. The SMILES string of the molecule is CN/C=C(\C=N)Nc1ncc(Cl)c(NC2COC3C(NS(=O)(=O)C(C)C)COC23)n1. The minimum Gasteiger partial charge on any atom is -0.392 e. The van der Waals surface area contributed by atoms with Gasteiger partial charge in [0, 0.05) is 19.5 Å². The van der Waals surface area contributed by atoms with Gasteiger partial charge in [0.25, 0.3) is 0 Å². The Morgan fingerprint density at radius 2 is 1.97 bits per heavy atom. The van der Waals surface area contributed by atoms with Crippen molar-refractivity contribution in [2.24, 2.45) is 0 Å². The quantitative estimate of drug-likeness (QED) is 0.333. The van der Waals surface area contributed by atoms with Crippen LogP contribution in [0.2, 0.25) is 5.02 Å². The zero-order valence-corrected chi connectivity index (χ0v) is 18.4. The Kier molecular flexibility index (Phi) is 7.14. The number of nitrogens with zero attached hydrogens (tertiary/aromatic N) is 2. The van der Waals surface area contributed by atoms with Crippen molar-refractivity contribution in [1.82, 2.24) is 20.0 Å². The molecule has 0 aromatic carbocycles. The van der Waals surface area contributed by atoms with Gasteiger partial charge >= 0.3 is 0 Å². The Balaban J connectivity index is 1.69.